The molecule has 1 aromatic heterocycles. The molecule has 2 N–H and O–H groups in total. The van der Waals surface area contributed by atoms with Crippen LogP contribution in [0.5, 0.6) is 0 Å². The van der Waals surface area contributed by atoms with Crippen LogP contribution in [0.1, 0.15) is 30.8 Å². The van der Waals surface area contributed by atoms with Crippen molar-refractivity contribution < 1.29 is 9.53 Å². The molecule has 84 valence electrons. The van der Waals surface area contributed by atoms with E-state index in [1.807, 2.05) is 29.5 Å². The number of carbonyl (C=O) groups is 1. The Morgan fingerprint density at radius 3 is 2.80 bits per heavy atom. The number of hydrogen-bond acceptors (Lipinski definition) is 4. The summed E-state index contributed by atoms with van der Waals surface area (Å²) in [4.78, 5) is 11.5. The standard InChI is InChI=1S/C9H14IN3O2/c1-3-5-13-8(11)6(10)7(12-13)9(14)15-4-2/h3-5,11H2,1-2H3. The minimum absolute atomic E-state index is 0.309. The fraction of sp³-hybridized carbons (Fsp3) is 0.556. The monoisotopic (exact) mass is 323 g/mol. The molecular weight excluding hydrogens is 309 g/mol. The summed E-state index contributed by atoms with van der Waals surface area (Å²) in [5.41, 5.74) is 6.12. The predicted molar refractivity (Wildman–Crippen MR) is 65.6 cm³/mol. The van der Waals surface area contributed by atoms with Crippen molar-refractivity contribution in [2.45, 2.75) is 26.8 Å². The molecule has 1 rings (SSSR count). The van der Waals surface area contributed by atoms with Gasteiger partial charge in [-0.25, -0.2) is 9.48 Å². The van der Waals surface area contributed by atoms with Crippen LogP contribution in [0.2, 0.25) is 0 Å². The van der Waals surface area contributed by atoms with Gasteiger partial charge in [-0.2, -0.15) is 5.10 Å². The van der Waals surface area contributed by atoms with Gasteiger partial charge in [-0.15, -0.1) is 0 Å². The highest BCUT2D eigenvalue weighted by Crippen LogP contribution is 2.20. The summed E-state index contributed by atoms with van der Waals surface area (Å²) in [6, 6.07) is 0. The van der Waals surface area contributed by atoms with E-state index in [1.165, 1.54) is 0 Å². The van der Waals surface area contributed by atoms with Crippen LogP contribution in [-0.4, -0.2) is 22.4 Å². The molecule has 1 aromatic rings. The van der Waals surface area contributed by atoms with Crippen molar-refractivity contribution in [2.24, 2.45) is 0 Å². The van der Waals surface area contributed by atoms with Crippen LogP contribution in [0.25, 0.3) is 0 Å². The third-order valence-electron chi connectivity index (χ3n) is 1.84. The summed E-state index contributed by atoms with van der Waals surface area (Å²) in [5.74, 6) is 0.115. The number of aromatic nitrogens is 2. The van der Waals surface area contributed by atoms with E-state index < -0.39 is 5.97 Å². The lowest BCUT2D eigenvalue weighted by molar-refractivity contribution is 0.0517. The summed E-state index contributed by atoms with van der Waals surface area (Å²) in [6.07, 6.45) is 0.921. The highest BCUT2D eigenvalue weighted by Gasteiger charge is 2.20. The van der Waals surface area contributed by atoms with E-state index in [-0.39, 0.29) is 0 Å². The highest BCUT2D eigenvalue weighted by molar-refractivity contribution is 14.1. The maximum Gasteiger partial charge on any atom is 0.360 e. The van der Waals surface area contributed by atoms with E-state index in [0.717, 1.165) is 6.42 Å². The normalized spacial score (nSPS) is 10.3. The summed E-state index contributed by atoms with van der Waals surface area (Å²) >= 11 is 2.01. The first-order chi connectivity index (χ1) is 7.11. The minimum Gasteiger partial charge on any atom is -0.461 e. The van der Waals surface area contributed by atoms with Gasteiger partial charge in [0.2, 0.25) is 0 Å². The molecule has 0 aliphatic carbocycles. The molecule has 0 aliphatic rings. The zero-order valence-corrected chi connectivity index (χ0v) is 10.9. The summed E-state index contributed by atoms with van der Waals surface area (Å²) in [5, 5.41) is 4.13. The average molecular weight is 323 g/mol. The van der Waals surface area contributed by atoms with Gasteiger partial charge in [-0.05, 0) is 35.9 Å². The Labute approximate surface area is 102 Å². The van der Waals surface area contributed by atoms with E-state index in [2.05, 4.69) is 5.10 Å². The van der Waals surface area contributed by atoms with Gasteiger partial charge in [0.05, 0.1) is 10.2 Å². The van der Waals surface area contributed by atoms with Crippen LogP contribution in [0, 0.1) is 3.57 Å². The number of ether oxygens (including phenoxy) is 1. The number of nitrogen functional groups attached to an aromatic ring is 1. The van der Waals surface area contributed by atoms with Crippen LogP contribution in [-0.2, 0) is 11.3 Å². The van der Waals surface area contributed by atoms with Gasteiger partial charge in [0.25, 0.3) is 0 Å². The average Bonchev–Trinajstić information content (AvgIpc) is 2.47. The topological polar surface area (TPSA) is 70.1 Å². The number of halogens is 1. The maximum atomic E-state index is 11.5. The molecule has 0 saturated carbocycles. The molecule has 0 unspecified atom stereocenters. The highest BCUT2D eigenvalue weighted by atomic mass is 127. The molecule has 0 spiro atoms. The van der Waals surface area contributed by atoms with E-state index in [0.29, 0.717) is 28.2 Å². The quantitative estimate of drug-likeness (QED) is 0.676. The van der Waals surface area contributed by atoms with Gasteiger partial charge in [-0.1, -0.05) is 6.92 Å². The molecule has 0 fully saturated rings. The number of rotatable bonds is 4. The number of hydrogen-bond donors (Lipinski definition) is 1. The van der Waals surface area contributed by atoms with Crippen LogP contribution < -0.4 is 5.73 Å². The number of nitrogens with two attached hydrogens (primary N) is 1. The lowest BCUT2D eigenvalue weighted by Gasteiger charge is -1.99. The van der Waals surface area contributed by atoms with Crippen molar-refractivity contribution in [3.05, 3.63) is 9.26 Å². The molecule has 6 heteroatoms. The van der Waals surface area contributed by atoms with E-state index in [9.17, 15) is 4.79 Å². The summed E-state index contributed by atoms with van der Waals surface area (Å²) in [7, 11) is 0. The largest absolute Gasteiger partial charge is 0.461 e. The Balaban J connectivity index is 2.99. The first-order valence-electron chi connectivity index (χ1n) is 4.80. The molecule has 0 radical (unpaired) electrons. The Bertz CT molecular complexity index is 362. The van der Waals surface area contributed by atoms with Crippen molar-refractivity contribution >= 4 is 34.4 Å². The molecular formula is C9H14IN3O2. The molecule has 1 heterocycles. The van der Waals surface area contributed by atoms with Gasteiger partial charge in [-0.3, -0.25) is 0 Å². The lowest BCUT2D eigenvalue weighted by atomic mass is 10.4. The van der Waals surface area contributed by atoms with Gasteiger partial charge < -0.3 is 10.5 Å². The Hall–Kier alpha value is -0.790. The van der Waals surface area contributed by atoms with E-state index in [4.69, 9.17) is 10.5 Å². The van der Waals surface area contributed by atoms with Gasteiger partial charge >= 0.3 is 5.97 Å². The van der Waals surface area contributed by atoms with Gasteiger partial charge in [0.1, 0.15) is 5.82 Å². The van der Waals surface area contributed by atoms with Crippen molar-refractivity contribution in [1.82, 2.24) is 9.78 Å². The number of aryl methyl sites for hydroxylation is 1. The molecule has 0 amide bonds. The zero-order chi connectivity index (χ0) is 11.4. The van der Waals surface area contributed by atoms with Gasteiger partial charge in [0.15, 0.2) is 5.69 Å². The SMILES string of the molecule is CCCn1nc(C(=O)OCC)c(I)c1N. The Morgan fingerprint density at radius 2 is 2.27 bits per heavy atom. The Kier molecular flexibility index (Phi) is 4.37. The molecule has 0 saturated heterocycles. The lowest BCUT2D eigenvalue weighted by Crippen LogP contribution is -2.08. The molecule has 5 nitrogen and oxygen atoms in total. The first kappa shape index (κ1) is 12.3. The third kappa shape index (κ3) is 2.61. The fourth-order valence-electron chi connectivity index (χ4n) is 1.17. The van der Waals surface area contributed by atoms with E-state index in [1.54, 1.807) is 11.6 Å². The fourth-order valence-corrected chi connectivity index (χ4v) is 1.77. The number of esters is 1. The van der Waals surface area contributed by atoms with Crippen molar-refractivity contribution in [2.75, 3.05) is 12.3 Å². The summed E-state index contributed by atoms with van der Waals surface area (Å²) < 4.78 is 7.18. The maximum absolute atomic E-state index is 11.5. The number of nitrogens with zero attached hydrogens (tertiary/aromatic N) is 2. The molecule has 15 heavy (non-hydrogen) atoms. The van der Waals surface area contributed by atoms with Crippen LogP contribution in [0.3, 0.4) is 0 Å². The third-order valence-corrected chi connectivity index (χ3v) is 2.90. The Morgan fingerprint density at radius 1 is 1.60 bits per heavy atom. The van der Waals surface area contributed by atoms with Crippen molar-refractivity contribution in [3.63, 3.8) is 0 Å². The molecule has 0 aliphatic heterocycles. The summed E-state index contributed by atoms with van der Waals surface area (Å²) in [6.45, 7) is 4.84. The van der Waals surface area contributed by atoms with Crippen LogP contribution in [0.15, 0.2) is 0 Å². The number of anilines is 1. The number of carbonyl (C=O) groups excluding carboxylic acids is 1. The second-order valence-electron chi connectivity index (χ2n) is 2.99. The predicted octanol–water partition coefficient (Wildman–Crippen LogP) is 1.66. The second kappa shape index (κ2) is 5.34. The van der Waals surface area contributed by atoms with Crippen molar-refractivity contribution in [1.29, 1.82) is 0 Å². The minimum atomic E-state index is -0.413. The molecule has 0 aromatic carbocycles. The zero-order valence-electron chi connectivity index (χ0n) is 8.79. The van der Waals surface area contributed by atoms with Gasteiger partial charge in [0, 0.05) is 6.54 Å². The smallest absolute Gasteiger partial charge is 0.360 e. The first-order valence-corrected chi connectivity index (χ1v) is 5.88. The van der Waals surface area contributed by atoms with Crippen LogP contribution >= 0.6 is 22.6 Å². The molecule has 0 atom stereocenters. The van der Waals surface area contributed by atoms with E-state index >= 15 is 0 Å². The van der Waals surface area contributed by atoms with Crippen molar-refractivity contribution in [3.8, 4) is 0 Å². The van der Waals surface area contributed by atoms with Crippen LogP contribution in [0.4, 0.5) is 5.82 Å². The second-order valence-corrected chi connectivity index (χ2v) is 4.07. The molecule has 0 bridgehead atoms.